The zero-order valence-corrected chi connectivity index (χ0v) is 9.15. The number of carbonyl (C=O) groups is 1. The van der Waals surface area contributed by atoms with Crippen molar-refractivity contribution < 1.29 is 4.79 Å². The van der Waals surface area contributed by atoms with Crippen LogP contribution in [0.3, 0.4) is 0 Å². The van der Waals surface area contributed by atoms with Crippen molar-refractivity contribution in [1.29, 1.82) is 0 Å². The lowest BCUT2D eigenvalue weighted by Crippen LogP contribution is -2.17. The van der Waals surface area contributed by atoms with Crippen LogP contribution in [-0.2, 0) is 4.79 Å². The zero-order chi connectivity index (χ0) is 10.7. The van der Waals surface area contributed by atoms with Crippen molar-refractivity contribution in [3.63, 3.8) is 0 Å². The van der Waals surface area contributed by atoms with Gasteiger partial charge in [-0.3, -0.25) is 0 Å². The summed E-state index contributed by atoms with van der Waals surface area (Å²) in [6.45, 7) is 4.27. The van der Waals surface area contributed by atoms with E-state index in [-0.39, 0.29) is 5.92 Å². The molecule has 0 bridgehead atoms. The van der Waals surface area contributed by atoms with E-state index < -0.39 is 0 Å². The minimum Gasteiger partial charge on any atom is -0.372 e. The summed E-state index contributed by atoms with van der Waals surface area (Å²) in [5, 5.41) is 0. The zero-order valence-electron chi connectivity index (χ0n) is 9.15. The number of benzene rings is 1. The summed E-state index contributed by atoms with van der Waals surface area (Å²) >= 11 is 0. The number of rotatable bonds is 3. The van der Waals surface area contributed by atoms with E-state index in [9.17, 15) is 4.79 Å². The van der Waals surface area contributed by atoms with Gasteiger partial charge < -0.3 is 9.69 Å². The maximum absolute atomic E-state index is 10.6. The van der Waals surface area contributed by atoms with Gasteiger partial charge in [-0.1, -0.05) is 19.1 Å². The monoisotopic (exact) mass is 203 g/mol. The molecule has 1 aromatic carbocycles. The molecule has 1 aromatic rings. The van der Waals surface area contributed by atoms with Gasteiger partial charge in [0.2, 0.25) is 0 Å². The summed E-state index contributed by atoms with van der Waals surface area (Å²) in [4.78, 5) is 13.0. The van der Waals surface area contributed by atoms with Gasteiger partial charge >= 0.3 is 0 Å². The highest BCUT2D eigenvalue weighted by Crippen LogP contribution is 2.22. The van der Waals surface area contributed by atoms with Crippen LogP contribution in [0, 0.1) is 0 Å². The van der Waals surface area contributed by atoms with E-state index in [2.05, 4.69) is 29.2 Å². The highest BCUT2D eigenvalue weighted by molar-refractivity contribution is 5.62. The molecular weight excluding hydrogens is 186 g/mol. The van der Waals surface area contributed by atoms with E-state index in [0.717, 1.165) is 11.8 Å². The van der Waals surface area contributed by atoms with Gasteiger partial charge in [0.05, 0.1) is 0 Å². The van der Waals surface area contributed by atoms with E-state index >= 15 is 0 Å². The molecular formula is C13H17NO. The summed E-state index contributed by atoms with van der Waals surface area (Å²) in [6.07, 6.45) is 3.59. The molecule has 2 nitrogen and oxygen atoms in total. The molecule has 0 aliphatic carbocycles. The van der Waals surface area contributed by atoms with Crippen LogP contribution in [0.2, 0.25) is 0 Å². The fraction of sp³-hybridized carbons (Fsp3) is 0.462. The van der Waals surface area contributed by atoms with Crippen molar-refractivity contribution in [2.75, 3.05) is 18.0 Å². The molecule has 1 fully saturated rings. The second-order valence-electron chi connectivity index (χ2n) is 4.21. The highest BCUT2D eigenvalue weighted by Gasteiger charge is 2.12. The molecule has 2 rings (SSSR count). The smallest absolute Gasteiger partial charge is 0.127 e. The average molecular weight is 203 g/mol. The Bertz CT molecular complexity index is 325. The molecule has 0 saturated carbocycles. The summed E-state index contributed by atoms with van der Waals surface area (Å²) in [5.41, 5.74) is 2.39. The second-order valence-corrected chi connectivity index (χ2v) is 4.21. The lowest BCUT2D eigenvalue weighted by Gasteiger charge is -2.18. The van der Waals surface area contributed by atoms with Crippen molar-refractivity contribution >= 4 is 12.0 Å². The van der Waals surface area contributed by atoms with E-state index in [1.807, 2.05) is 6.92 Å². The molecule has 0 spiro atoms. The largest absolute Gasteiger partial charge is 0.372 e. The maximum Gasteiger partial charge on any atom is 0.127 e. The number of anilines is 1. The summed E-state index contributed by atoms with van der Waals surface area (Å²) in [7, 11) is 0. The van der Waals surface area contributed by atoms with Crippen molar-refractivity contribution in [2.24, 2.45) is 0 Å². The van der Waals surface area contributed by atoms with Crippen LogP contribution in [0.1, 0.15) is 31.2 Å². The molecule has 0 amide bonds. The van der Waals surface area contributed by atoms with Crippen LogP contribution < -0.4 is 4.90 Å². The van der Waals surface area contributed by atoms with Crippen LogP contribution >= 0.6 is 0 Å². The van der Waals surface area contributed by atoms with Gasteiger partial charge in [-0.25, -0.2) is 0 Å². The second kappa shape index (κ2) is 4.47. The van der Waals surface area contributed by atoms with Crippen molar-refractivity contribution in [3.05, 3.63) is 29.8 Å². The first kappa shape index (κ1) is 10.2. The molecule has 0 N–H and O–H groups in total. The van der Waals surface area contributed by atoms with E-state index in [0.29, 0.717) is 0 Å². The fourth-order valence-corrected chi connectivity index (χ4v) is 2.04. The van der Waals surface area contributed by atoms with Crippen LogP contribution in [0.15, 0.2) is 24.3 Å². The summed E-state index contributed by atoms with van der Waals surface area (Å²) < 4.78 is 0. The van der Waals surface area contributed by atoms with Crippen LogP contribution in [0.4, 0.5) is 5.69 Å². The molecule has 2 heteroatoms. The summed E-state index contributed by atoms with van der Waals surface area (Å²) in [6, 6.07) is 8.38. The Labute approximate surface area is 90.9 Å². The maximum atomic E-state index is 10.6. The third kappa shape index (κ3) is 2.20. The third-order valence-corrected chi connectivity index (χ3v) is 3.09. The number of aldehydes is 1. The Morgan fingerprint density at radius 2 is 1.80 bits per heavy atom. The van der Waals surface area contributed by atoms with Crippen molar-refractivity contribution in [3.8, 4) is 0 Å². The molecule has 1 unspecified atom stereocenters. The summed E-state index contributed by atoms with van der Waals surface area (Å²) in [5.74, 6) is 0.0117. The molecule has 1 atom stereocenters. The minimum atomic E-state index is 0.0117. The van der Waals surface area contributed by atoms with Gasteiger partial charge in [-0.2, -0.15) is 0 Å². The van der Waals surface area contributed by atoms with Gasteiger partial charge in [0.25, 0.3) is 0 Å². The van der Waals surface area contributed by atoms with Gasteiger partial charge in [0.1, 0.15) is 6.29 Å². The van der Waals surface area contributed by atoms with Crippen LogP contribution in [-0.4, -0.2) is 19.4 Å². The van der Waals surface area contributed by atoms with Crippen LogP contribution in [0.25, 0.3) is 0 Å². The Morgan fingerprint density at radius 1 is 1.20 bits per heavy atom. The standard InChI is InChI=1S/C13H17NO/c1-11(10-15)12-4-6-13(7-5-12)14-8-2-3-9-14/h4-7,10-11H,2-3,8-9H2,1H3. The van der Waals surface area contributed by atoms with E-state index in [1.54, 1.807) is 0 Å². The molecule has 1 heterocycles. The van der Waals surface area contributed by atoms with Crippen LogP contribution in [0.5, 0.6) is 0 Å². The number of carbonyl (C=O) groups excluding carboxylic acids is 1. The lowest BCUT2D eigenvalue weighted by atomic mass is 10.0. The first-order chi connectivity index (χ1) is 7.31. The highest BCUT2D eigenvalue weighted by atomic mass is 16.1. The Hall–Kier alpha value is -1.31. The van der Waals surface area contributed by atoms with E-state index in [1.165, 1.54) is 31.6 Å². The van der Waals surface area contributed by atoms with Crippen molar-refractivity contribution in [2.45, 2.75) is 25.7 Å². The lowest BCUT2D eigenvalue weighted by molar-refractivity contribution is -0.108. The minimum absolute atomic E-state index is 0.0117. The Morgan fingerprint density at radius 3 is 2.33 bits per heavy atom. The van der Waals surface area contributed by atoms with Gasteiger partial charge in [-0.05, 0) is 30.5 Å². The Kier molecular flexibility index (Phi) is 3.05. The molecule has 80 valence electrons. The number of hydrogen-bond acceptors (Lipinski definition) is 2. The molecule has 0 aromatic heterocycles. The molecule has 1 aliphatic rings. The molecule has 0 radical (unpaired) electrons. The van der Waals surface area contributed by atoms with Gasteiger partial charge in [-0.15, -0.1) is 0 Å². The molecule has 1 aliphatic heterocycles. The van der Waals surface area contributed by atoms with E-state index in [4.69, 9.17) is 0 Å². The Balaban J connectivity index is 2.12. The normalized spacial score (nSPS) is 17.8. The number of nitrogens with zero attached hydrogens (tertiary/aromatic N) is 1. The predicted octanol–water partition coefficient (Wildman–Crippen LogP) is 2.59. The first-order valence-corrected chi connectivity index (χ1v) is 5.61. The fourth-order valence-electron chi connectivity index (χ4n) is 2.04. The topological polar surface area (TPSA) is 20.3 Å². The molecule has 15 heavy (non-hydrogen) atoms. The van der Waals surface area contributed by atoms with Gasteiger partial charge in [0, 0.05) is 24.7 Å². The molecule has 1 saturated heterocycles. The van der Waals surface area contributed by atoms with Crippen molar-refractivity contribution in [1.82, 2.24) is 0 Å². The third-order valence-electron chi connectivity index (χ3n) is 3.09. The number of hydrogen-bond donors (Lipinski definition) is 0. The SMILES string of the molecule is CC(C=O)c1ccc(N2CCCC2)cc1. The quantitative estimate of drug-likeness (QED) is 0.704. The van der Waals surface area contributed by atoms with Gasteiger partial charge in [0.15, 0.2) is 0 Å². The average Bonchev–Trinajstić information content (AvgIpc) is 2.82. The predicted molar refractivity (Wildman–Crippen MR) is 62.4 cm³/mol. The first-order valence-electron chi connectivity index (χ1n) is 5.61.